The van der Waals surface area contributed by atoms with E-state index < -0.39 is 5.41 Å². The van der Waals surface area contributed by atoms with Crippen molar-refractivity contribution in [2.75, 3.05) is 6.61 Å². The fourth-order valence-electron chi connectivity index (χ4n) is 2.17. The number of ether oxygens (including phenoxy) is 1. The van der Waals surface area contributed by atoms with E-state index in [0.29, 0.717) is 0 Å². The summed E-state index contributed by atoms with van der Waals surface area (Å²) in [7, 11) is 0. The first-order valence-electron chi connectivity index (χ1n) is 5.78. The van der Waals surface area contributed by atoms with E-state index in [1.54, 1.807) is 13.0 Å². The van der Waals surface area contributed by atoms with Crippen LogP contribution in [-0.2, 0) is 14.3 Å². The minimum atomic E-state index is -0.408. The third kappa shape index (κ3) is 2.94. The van der Waals surface area contributed by atoms with E-state index in [4.69, 9.17) is 4.74 Å². The molecule has 0 saturated heterocycles. The normalized spacial score (nSPS) is 29.5. The molecule has 0 aromatic rings. The van der Waals surface area contributed by atoms with Crippen molar-refractivity contribution in [3.05, 3.63) is 12.7 Å². The highest BCUT2D eigenvalue weighted by atomic mass is 16.5. The summed E-state index contributed by atoms with van der Waals surface area (Å²) in [4.78, 5) is 23.0. The molecular weight excluding hydrogens is 204 g/mol. The molecule has 3 nitrogen and oxygen atoms in total. The second-order valence-electron chi connectivity index (χ2n) is 4.83. The number of Topliss-reactive ketones (excluding diaryl/α,β-unsaturated/α-hetero) is 1. The Kier molecular flexibility index (Phi) is 4.27. The van der Waals surface area contributed by atoms with Gasteiger partial charge in [0.15, 0.2) is 0 Å². The summed E-state index contributed by atoms with van der Waals surface area (Å²) >= 11 is 0. The zero-order valence-electron chi connectivity index (χ0n) is 10.1. The SMILES string of the molecule is C=CCOC(=O)C1(C)CCC(C(C)=O)CC1. The van der Waals surface area contributed by atoms with Crippen LogP contribution in [0.3, 0.4) is 0 Å². The lowest BCUT2D eigenvalue weighted by Crippen LogP contribution is -2.35. The number of carbonyl (C=O) groups is 2. The van der Waals surface area contributed by atoms with Crippen molar-refractivity contribution >= 4 is 11.8 Å². The first kappa shape index (κ1) is 12.9. The molecule has 0 spiro atoms. The van der Waals surface area contributed by atoms with Gasteiger partial charge in [0, 0.05) is 5.92 Å². The fourth-order valence-corrected chi connectivity index (χ4v) is 2.17. The van der Waals surface area contributed by atoms with Gasteiger partial charge < -0.3 is 4.74 Å². The number of rotatable bonds is 4. The monoisotopic (exact) mass is 224 g/mol. The quantitative estimate of drug-likeness (QED) is 0.544. The van der Waals surface area contributed by atoms with E-state index in [-0.39, 0.29) is 24.3 Å². The predicted octanol–water partition coefficient (Wildman–Crippen LogP) is 2.50. The lowest BCUT2D eigenvalue weighted by molar-refractivity contribution is -0.156. The van der Waals surface area contributed by atoms with Crippen LogP contribution in [0.1, 0.15) is 39.5 Å². The molecule has 0 radical (unpaired) electrons. The Morgan fingerprint density at radius 2 is 2.00 bits per heavy atom. The van der Waals surface area contributed by atoms with Crippen LogP contribution in [0.4, 0.5) is 0 Å². The van der Waals surface area contributed by atoms with Gasteiger partial charge in [-0.2, -0.15) is 0 Å². The standard InChI is InChI=1S/C13H20O3/c1-4-9-16-12(15)13(3)7-5-11(6-8-13)10(2)14/h4,11H,1,5-9H2,2-3H3. The van der Waals surface area contributed by atoms with Crippen molar-refractivity contribution in [2.45, 2.75) is 39.5 Å². The number of hydrogen-bond acceptors (Lipinski definition) is 3. The molecule has 1 saturated carbocycles. The summed E-state index contributed by atoms with van der Waals surface area (Å²) in [5.41, 5.74) is -0.408. The van der Waals surface area contributed by atoms with Crippen molar-refractivity contribution in [3.8, 4) is 0 Å². The summed E-state index contributed by atoms with van der Waals surface area (Å²) < 4.78 is 5.09. The van der Waals surface area contributed by atoms with Crippen molar-refractivity contribution in [1.29, 1.82) is 0 Å². The van der Waals surface area contributed by atoms with Crippen LogP contribution in [0.15, 0.2) is 12.7 Å². The van der Waals surface area contributed by atoms with E-state index in [2.05, 4.69) is 6.58 Å². The molecule has 0 aliphatic heterocycles. The molecule has 0 bridgehead atoms. The summed E-state index contributed by atoms with van der Waals surface area (Å²) in [5, 5.41) is 0. The largest absolute Gasteiger partial charge is 0.461 e. The Morgan fingerprint density at radius 3 is 2.44 bits per heavy atom. The van der Waals surface area contributed by atoms with Crippen molar-refractivity contribution in [3.63, 3.8) is 0 Å². The molecule has 1 fully saturated rings. The molecule has 1 aliphatic rings. The van der Waals surface area contributed by atoms with E-state index >= 15 is 0 Å². The van der Waals surface area contributed by atoms with Gasteiger partial charge in [-0.15, -0.1) is 0 Å². The summed E-state index contributed by atoms with van der Waals surface area (Å²) in [6.45, 7) is 7.34. The van der Waals surface area contributed by atoms with Crippen LogP contribution in [0.2, 0.25) is 0 Å². The second kappa shape index (κ2) is 5.28. The Bertz CT molecular complexity index is 286. The molecule has 0 aromatic heterocycles. The maximum atomic E-state index is 11.8. The molecule has 0 atom stereocenters. The molecule has 0 unspecified atom stereocenters. The van der Waals surface area contributed by atoms with Crippen LogP contribution < -0.4 is 0 Å². The molecule has 3 heteroatoms. The maximum Gasteiger partial charge on any atom is 0.312 e. The average Bonchev–Trinajstić information content (AvgIpc) is 2.26. The van der Waals surface area contributed by atoms with E-state index in [1.165, 1.54) is 0 Å². The van der Waals surface area contributed by atoms with Gasteiger partial charge in [-0.3, -0.25) is 9.59 Å². The highest BCUT2D eigenvalue weighted by Gasteiger charge is 2.39. The van der Waals surface area contributed by atoms with E-state index in [1.807, 2.05) is 6.92 Å². The molecule has 0 heterocycles. The third-order valence-electron chi connectivity index (χ3n) is 3.49. The molecule has 0 amide bonds. The van der Waals surface area contributed by atoms with Crippen LogP contribution in [0.25, 0.3) is 0 Å². The Balaban J connectivity index is 2.52. The molecule has 1 aliphatic carbocycles. The third-order valence-corrected chi connectivity index (χ3v) is 3.49. The molecule has 16 heavy (non-hydrogen) atoms. The van der Waals surface area contributed by atoms with Gasteiger partial charge in [0.05, 0.1) is 5.41 Å². The van der Waals surface area contributed by atoms with Crippen molar-refractivity contribution in [1.82, 2.24) is 0 Å². The van der Waals surface area contributed by atoms with Gasteiger partial charge in [-0.1, -0.05) is 12.7 Å². The molecular formula is C13H20O3. The van der Waals surface area contributed by atoms with Gasteiger partial charge in [-0.25, -0.2) is 0 Å². The Hall–Kier alpha value is -1.12. The lowest BCUT2D eigenvalue weighted by Gasteiger charge is -2.34. The van der Waals surface area contributed by atoms with Gasteiger partial charge in [0.2, 0.25) is 0 Å². The van der Waals surface area contributed by atoms with Crippen LogP contribution in [0.5, 0.6) is 0 Å². The number of hydrogen-bond donors (Lipinski definition) is 0. The summed E-state index contributed by atoms with van der Waals surface area (Å²) in [6.07, 6.45) is 4.66. The first-order chi connectivity index (χ1) is 7.49. The molecule has 0 aromatic carbocycles. The minimum absolute atomic E-state index is 0.139. The van der Waals surface area contributed by atoms with Crippen LogP contribution in [0, 0.1) is 11.3 Å². The van der Waals surface area contributed by atoms with Crippen LogP contribution >= 0.6 is 0 Å². The predicted molar refractivity (Wildman–Crippen MR) is 61.9 cm³/mol. The number of carbonyl (C=O) groups excluding carboxylic acids is 2. The van der Waals surface area contributed by atoms with Crippen molar-refractivity contribution < 1.29 is 14.3 Å². The topological polar surface area (TPSA) is 43.4 Å². The van der Waals surface area contributed by atoms with Gasteiger partial charge in [0.1, 0.15) is 12.4 Å². The zero-order chi connectivity index (χ0) is 12.2. The minimum Gasteiger partial charge on any atom is -0.461 e. The highest BCUT2D eigenvalue weighted by molar-refractivity contribution is 5.80. The average molecular weight is 224 g/mol. The Labute approximate surface area is 96.9 Å². The zero-order valence-corrected chi connectivity index (χ0v) is 10.1. The molecule has 90 valence electrons. The first-order valence-corrected chi connectivity index (χ1v) is 5.78. The molecule has 0 N–H and O–H groups in total. The number of esters is 1. The second-order valence-corrected chi connectivity index (χ2v) is 4.83. The van der Waals surface area contributed by atoms with Gasteiger partial charge in [0.25, 0.3) is 0 Å². The summed E-state index contributed by atoms with van der Waals surface area (Å²) in [6, 6.07) is 0. The maximum absolute atomic E-state index is 11.8. The van der Waals surface area contributed by atoms with Gasteiger partial charge in [-0.05, 0) is 39.5 Å². The van der Waals surface area contributed by atoms with E-state index in [0.717, 1.165) is 25.7 Å². The van der Waals surface area contributed by atoms with Crippen molar-refractivity contribution in [2.24, 2.45) is 11.3 Å². The Morgan fingerprint density at radius 1 is 1.44 bits per heavy atom. The van der Waals surface area contributed by atoms with Gasteiger partial charge >= 0.3 is 5.97 Å². The molecule has 1 rings (SSSR count). The highest BCUT2D eigenvalue weighted by Crippen LogP contribution is 2.39. The van der Waals surface area contributed by atoms with Crippen LogP contribution in [-0.4, -0.2) is 18.4 Å². The fraction of sp³-hybridized carbons (Fsp3) is 0.692. The van der Waals surface area contributed by atoms with E-state index in [9.17, 15) is 9.59 Å². The smallest absolute Gasteiger partial charge is 0.312 e. The number of ketones is 1. The summed E-state index contributed by atoms with van der Waals surface area (Å²) in [5.74, 6) is 0.219. The lowest BCUT2D eigenvalue weighted by atomic mass is 9.71.